The zero-order valence-electron chi connectivity index (χ0n) is 8.98. The second-order valence-electron chi connectivity index (χ2n) is 4.67. The maximum atomic E-state index is 11.3. The van der Waals surface area contributed by atoms with Crippen molar-refractivity contribution in [3.05, 3.63) is 0 Å². The smallest absolute Gasteiger partial charge is 0.151 e. The lowest BCUT2D eigenvalue weighted by molar-refractivity contribution is -0.126. The van der Waals surface area contributed by atoms with Gasteiger partial charge in [0.2, 0.25) is 0 Å². The highest BCUT2D eigenvalue weighted by Crippen LogP contribution is 2.22. The van der Waals surface area contributed by atoms with E-state index in [0.717, 1.165) is 19.5 Å². The Morgan fingerprint density at radius 3 is 2.67 bits per heavy atom. The Morgan fingerprint density at radius 1 is 1.40 bits per heavy atom. The summed E-state index contributed by atoms with van der Waals surface area (Å²) in [4.78, 5) is 13.5. The molecule has 2 heterocycles. The van der Waals surface area contributed by atoms with Gasteiger partial charge in [-0.15, -0.1) is 0 Å². The van der Waals surface area contributed by atoms with E-state index >= 15 is 0 Å². The highest BCUT2D eigenvalue weighted by molar-refractivity contribution is 7.91. The monoisotopic (exact) mass is 231 g/mol. The van der Waals surface area contributed by atoms with Crippen LogP contribution in [-0.4, -0.2) is 49.7 Å². The molecule has 0 aromatic rings. The maximum Gasteiger partial charge on any atom is 0.151 e. The summed E-state index contributed by atoms with van der Waals surface area (Å²) in [6, 6.07) is 0.158. The molecule has 0 saturated carbocycles. The number of rotatable bonds is 1. The van der Waals surface area contributed by atoms with Gasteiger partial charge in [0.25, 0.3) is 0 Å². The van der Waals surface area contributed by atoms with E-state index in [4.69, 9.17) is 0 Å². The summed E-state index contributed by atoms with van der Waals surface area (Å²) >= 11 is 0. The number of nitrogens with zero attached hydrogens (tertiary/aromatic N) is 1. The van der Waals surface area contributed by atoms with Crippen molar-refractivity contribution >= 4 is 15.6 Å². The van der Waals surface area contributed by atoms with Crippen LogP contribution in [0.5, 0.6) is 0 Å². The molecule has 0 aromatic heterocycles. The number of ketones is 1. The van der Waals surface area contributed by atoms with E-state index in [1.54, 1.807) is 0 Å². The molecule has 5 heteroatoms. The van der Waals surface area contributed by atoms with Crippen molar-refractivity contribution in [1.82, 2.24) is 4.90 Å². The Kier molecular flexibility index (Phi) is 2.85. The summed E-state index contributed by atoms with van der Waals surface area (Å²) in [7, 11) is -2.80. The molecule has 0 aromatic carbocycles. The molecule has 0 radical (unpaired) electrons. The van der Waals surface area contributed by atoms with Crippen LogP contribution in [0.2, 0.25) is 0 Å². The molecule has 0 amide bonds. The number of Topliss-reactive ketones (excluding diaryl/α,β-unsaturated/α-hetero) is 1. The molecular weight excluding hydrogens is 214 g/mol. The first kappa shape index (κ1) is 11.1. The van der Waals surface area contributed by atoms with E-state index in [1.165, 1.54) is 0 Å². The molecule has 86 valence electrons. The number of likely N-dealkylation sites (tertiary alicyclic amines) is 1. The zero-order chi connectivity index (χ0) is 11.1. The molecule has 0 N–H and O–H groups in total. The molecule has 2 aliphatic heterocycles. The first-order valence-electron chi connectivity index (χ1n) is 5.45. The lowest BCUT2D eigenvalue weighted by Gasteiger charge is -2.34. The SMILES string of the molecule is CC1CN(C2CCS(=O)(=O)C2)CCC1=O. The first-order chi connectivity index (χ1) is 6.98. The molecule has 2 unspecified atom stereocenters. The fraction of sp³-hybridized carbons (Fsp3) is 0.900. The van der Waals surface area contributed by atoms with E-state index in [-0.39, 0.29) is 17.7 Å². The van der Waals surface area contributed by atoms with Crippen LogP contribution >= 0.6 is 0 Å². The number of hydrogen-bond donors (Lipinski definition) is 0. The van der Waals surface area contributed by atoms with E-state index in [9.17, 15) is 13.2 Å². The Bertz CT molecular complexity index is 363. The molecule has 2 fully saturated rings. The zero-order valence-corrected chi connectivity index (χ0v) is 9.79. The fourth-order valence-electron chi connectivity index (χ4n) is 2.44. The average Bonchev–Trinajstić information content (AvgIpc) is 2.51. The van der Waals surface area contributed by atoms with Crippen molar-refractivity contribution in [3.63, 3.8) is 0 Å². The van der Waals surface area contributed by atoms with Gasteiger partial charge in [-0.25, -0.2) is 8.42 Å². The van der Waals surface area contributed by atoms with Crippen LogP contribution in [0.1, 0.15) is 19.8 Å². The molecule has 2 aliphatic rings. The van der Waals surface area contributed by atoms with Gasteiger partial charge in [0.15, 0.2) is 9.84 Å². The third-order valence-electron chi connectivity index (χ3n) is 3.43. The van der Waals surface area contributed by atoms with Crippen LogP contribution in [0.15, 0.2) is 0 Å². The van der Waals surface area contributed by atoms with Crippen molar-refractivity contribution in [2.75, 3.05) is 24.6 Å². The van der Waals surface area contributed by atoms with Crippen molar-refractivity contribution in [1.29, 1.82) is 0 Å². The Hall–Kier alpha value is -0.420. The van der Waals surface area contributed by atoms with Crippen LogP contribution in [0, 0.1) is 5.92 Å². The summed E-state index contributed by atoms with van der Waals surface area (Å²) in [5.74, 6) is 0.985. The van der Waals surface area contributed by atoms with Crippen LogP contribution in [0.3, 0.4) is 0 Å². The number of piperidine rings is 1. The van der Waals surface area contributed by atoms with E-state index in [2.05, 4.69) is 4.90 Å². The van der Waals surface area contributed by atoms with Crippen molar-refractivity contribution in [3.8, 4) is 0 Å². The quantitative estimate of drug-likeness (QED) is 0.641. The average molecular weight is 231 g/mol. The van der Waals surface area contributed by atoms with E-state index in [0.29, 0.717) is 18.0 Å². The van der Waals surface area contributed by atoms with Gasteiger partial charge in [-0.05, 0) is 6.42 Å². The fourth-order valence-corrected chi connectivity index (χ4v) is 4.20. The van der Waals surface area contributed by atoms with Gasteiger partial charge in [0.05, 0.1) is 11.5 Å². The number of hydrogen-bond acceptors (Lipinski definition) is 4. The summed E-state index contributed by atoms with van der Waals surface area (Å²) < 4.78 is 22.7. The molecular formula is C10H17NO3S. The normalized spacial score (nSPS) is 37.0. The van der Waals surface area contributed by atoms with Gasteiger partial charge < -0.3 is 0 Å². The third-order valence-corrected chi connectivity index (χ3v) is 5.18. The molecule has 4 nitrogen and oxygen atoms in total. The van der Waals surface area contributed by atoms with E-state index in [1.807, 2.05) is 6.92 Å². The molecule has 0 spiro atoms. The molecule has 2 rings (SSSR count). The number of carbonyl (C=O) groups is 1. The van der Waals surface area contributed by atoms with Gasteiger partial charge in [-0.3, -0.25) is 9.69 Å². The van der Waals surface area contributed by atoms with Crippen LogP contribution in [0.4, 0.5) is 0 Å². The lowest BCUT2D eigenvalue weighted by atomic mass is 9.97. The summed E-state index contributed by atoms with van der Waals surface area (Å²) in [5.41, 5.74) is 0. The van der Waals surface area contributed by atoms with Crippen molar-refractivity contribution < 1.29 is 13.2 Å². The van der Waals surface area contributed by atoms with Crippen LogP contribution in [0.25, 0.3) is 0 Å². The first-order valence-corrected chi connectivity index (χ1v) is 7.27. The van der Waals surface area contributed by atoms with Gasteiger partial charge in [0, 0.05) is 31.5 Å². The second-order valence-corrected chi connectivity index (χ2v) is 6.90. The Labute approximate surface area is 90.6 Å². The lowest BCUT2D eigenvalue weighted by Crippen LogP contribution is -2.45. The van der Waals surface area contributed by atoms with Gasteiger partial charge in [-0.1, -0.05) is 6.92 Å². The van der Waals surface area contributed by atoms with Gasteiger partial charge >= 0.3 is 0 Å². The van der Waals surface area contributed by atoms with E-state index < -0.39 is 9.84 Å². The predicted octanol–water partition coefficient (Wildman–Crippen LogP) is 0.0844. The highest BCUT2D eigenvalue weighted by Gasteiger charge is 2.35. The number of sulfone groups is 1. The minimum atomic E-state index is -2.80. The topological polar surface area (TPSA) is 54.5 Å². The summed E-state index contributed by atoms with van der Waals surface area (Å²) in [6.45, 7) is 3.40. The largest absolute Gasteiger partial charge is 0.299 e. The van der Waals surface area contributed by atoms with Gasteiger partial charge in [-0.2, -0.15) is 0 Å². The molecule has 2 saturated heterocycles. The second kappa shape index (κ2) is 3.87. The Morgan fingerprint density at radius 2 is 2.13 bits per heavy atom. The molecule has 2 atom stereocenters. The van der Waals surface area contributed by atoms with Crippen LogP contribution < -0.4 is 0 Å². The molecule has 0 bridgehead atoms. The minimum absolute atomic E-state index is 0.0713. The minimum Gasteiger partial charge on any atom is -0.299 e. The summed E-state index contributed by atoms with van der Waals surface area (Å²) in [5, 5.41) is 0. The van der Waals surface area contributed by atoms with Crippen LogP contribution in [-0.2, 0) is 14.6 Å². The standard InChI is InChI=1S/C10H17NO3S/c1-8-6-11(4-2-10(8)12)9-3-5-15(13,14)7-9/h8-9H,2-7H2,1H3. The summed E-state index contributed by atoms with van der Waals surface area (Å²) in [6.07, 6.45) is 1.32. The Balaban J connectivity index is 1.99. The predicted molar refractivity (Wildman–Crippen MR) is 57.4 cm³/mol. The van der Waals surface area contributed by atoms with Crippen molar-refractivity contribution in [2.24, 2.45) is 5.92 Å². The number of carbonyl (C=O) groups excluding carboxylic acids is 1. The van der Waals surface area contributed by atoms with Gasteiger partial charge in [0.1, 0.15) is 5.78 Å². The third kappa shape index (κ3) is 2.39. The van der Waals surface area contributed by atoms with Crippen molar-refractivity contribution in [2.45, 2.75) is 25.8 Å². The molecule has 0 aliphatic carbocycles. The maximum absolute atomic E-state index is 11.3. The highest BCUT2D eigenvalue weighted by atomic mass is 32.2. The molecule has 15 heavy (non-hydrogen) atoms.